The van der Waals surface area contributed by atoms with E-state index < -0.39 is 23.8 Å². The number of carbonyl (C=O) groups excluding carboxylic acids is 2. The molecular weight excluding hydrogens is 449 g/mol. The number of nitrogens with zero attached hydrogens (tertiary/aromatic N) is 4. The Morgan fingerprint density at radius 3 is 2.53 bits per heavy atom. The van der Waals surface area contributed by atoms with E-state index in [1.807, 2.05) is 0 Å². The van der Waals surface area contributed by atoms with Gasteiger partial charge in [0.1, 0.15) is 11.3 Å². The number of pyridine rings is 1. The number of amides is 2. The SMILES string of the molecule is CCN(CCN(C=O)C1CCCCC1O)C(=O)c1nc2c(C(F)(F)F)cc(C3CC3)cn2c1C. The van der Waals surface area contributed by atoms with Crippen molar-refractivity contribution in [1.29, 1.82) is 0 Å². The van der Waals surface area contributed by atoms with Gasteiger partial charge in [-0.05, 0) is 57.1 Å². The minimum atomic E-state index is -4.58. The van der Waals surface area contributed by atoms with Crippen LogP contribution in [0.3, 0.4) is 0 Å². The number of aryl methyl sites for hydroxylation is 1. The third kappa shape index (κ3) is 4.78. The summed E-state index contributed by atoms with van der Waals surface area (Å²) >= 11 is 0. The van der Waals surface area contributed by atoms with E-state index in [1.165, 1.54) is 14.2 Å². The maximum absolute atomic E-state index is 13.8. The lowest BCUT2D eigenvalue weighted by Gasteiger charge is -2.36. The van der Waals surface area contributed by atoms with Gasteiger partial charge in [0.15, 0.2) is 0 Å². The molecule has 4 rings (SSSR count). The Hall–Kier alpha value is -2.62. The molecular formula is C24H31F3N4O3. The first-order chi connectivity index (χ1) is 16.2. The number of fused-ring (bicyclic) bond motifs is 1. The van der Waals surface area contributed by atoms with Crippen LogP contribution in [0.25, 0.3) is 5.65 Å². The number of rotatable bonds is 8. The number of likely N-dealkylation sites (N-methyl/N-ethyl adjacent to an activating group) is 1. The van der Waals surface area contributed by atoms with Crippen molar-refractivity contribution in [2.24, 2.45) is 0 Å². The lowest BCUT2D eigenvalue weighted by molar-refractivity contribution is -0.136. The smallest absolute Gasteiger partial charge is 0.391 e. The average molecular weight is 481 g/mol. The monoisotopic (exact) mass is 480 g/mol. The minimum Gasteiger partial charge on any atom is -0.391 e. The highest BCUT2D eigenvalue weighted by Gasteiger charge is 2.38. The molecule has 2 aromatic rings. The fraction of sp³-hybridized carbons (Fsp3) is 0.625. The molecule has 2 heterocycles. The standard InChI is InChI=1S/C24H31F3N4O3/c1-3-29(10-11-30(14-32)19-6-4-5-7-20(19)33)23(34)21-15(2)31-13-17(16-8-9-16)12-18(22(31)28-21)24(25,26)27/h12-14,16,19-20,33H,3-11H2,1-2H3. The summed E-state index contributed by atoms with van der Waals surface area (Å²) in [6.07, 6.45) is 2.08. The second-order valence-corrected chi connectivity index (χ2v) is 9.35. The zero-order chi connectivity index (χ0) is 24.6. The van der Waals surface area contributed by atoms with E-state index in [0.717, 1.165) is 31.7 Å². The van der Waals surface area contributed by atoms with Crippen molar-refractivity contribution in [2.45, 2.75) is 76.6 Å². The first-order valence-corrected chi connectivity index (χ1v) is 11.9. The molecule has 0 radical (unpaired) electrons. The Balaban J connectivity index is 1.59. The molecule has 2 aromatic heterocycles. The number of hydrogen-bond acceptors (Lipinski definition) is 4. The second kappa shape index (κ2) is 9.56. The van der Waals surface area contributed by atoms with Gasteiger partial charge in [-0.2, -0.15) is 13.2 Å². The van der Waals surface area contributed by atoms with E-state index in [9.17, 15) is 27.9 Å². The number of aromatic nitrogens is 2. The molecule has 2 saturated carbocycles. The molecule has 2 fully saturated rings. The molecule has 0 bridgehead atoms. The highest BCUT2D eigenvalue weighted by molar-refractivity contribution is 5.94. The first-order valence-electron chi connectivity index (χ1n) is 11.9. The molecule has 0 saturated heterocycles. The molecule has 2 amide bonds. The minimum absolute atomic E-state index is 0.0179. The van der Waals surface area contributed by atoms with E-state index in [-0.39, 0.29) is 36.4 Å². The van der Waals surface area contributed by atoms with Gasteiger partial charge in [0, 0.05) is 25.8 Å². The molecule has 7 nitrogen and oxygen atoms in total. The van der Waals surface area contributed by atoms with Crippen LogP contribution in [-0.2, 0) is 11.0 Å². The normalized spacial score (nSPS) is 21.0. The van der Waals surface area contributed by atoms with Crippen molar-refractivity contribution in [1.82, 2.24) is 19.2 Å². The summed E-state index contributed by atoms with van der Waals surface area (Å²) in [7, 11) is 0. The van der Waals surface area contributed by atoms with Crippen molar-refractivity contribution in [3.8, 4) is 0 Å². The van der Waals surface area contributed by atoms with Gasteiger partial charge in [0.25, 0.3) is 5.91 Å². The van der Waals surface area contributed by atoms with Gasteiger partial charge < -0.3 is 19.3 Å². The first kappa shape index (κ1) is 24.5. The van der Waals surface area contributed by atoms with E-state index >= 15 is 0 Å². The van der Waals surface area contributed by atoms with Crippen LogP contribution in [0.2, 0.25) is 0 Å². The topological polar surface area (TPSA) is 78.2 Å². The molecule has 2 unspecified atom stereocenters. The Labute approximate surface area is 196 Å². The molecule has 2 aliphatic carbocycles. The summed E-state index contributed by atoms with van der Waals surface area (Å²) in [5, 5.41) is 10.3. The van der Waals surface area contributed by atoms with Crippen LogP contribution < -0.4 is 0 Å². The highest BCUT2D eigenvalue weighted by Crippen LogP contribution is 2.43. The quantitative estimate of drug-likeness (QED) is 0.584. The Kier molecular flexibility index (Phi) is 6.89. The summed E-state index contributed by atoms with van der Waals surface area (Å²) < 4.78 is 42.8. The van der Waals surface area contributed by atoms with Crippen LogP contribution in [0.15, 0.2) is 12.3 Å². The lowest BCUT2D eigenvalue weighted by Crippen LogP contribution is -2.48. The lowest BCUT2D eigenvalue weighted by atomic mass is 9.91. The summed E-state index contributed by atoms with van der Waals surface area (Å²) in [6, 6.07) is 0.870. The molecule has 0 spiro atoms. The molecule has 1 N–H and O–H groups in total. The number of halogens is 3. The van der Waals surface area contributed by atoms with Crippen LogP contribution >= 0.6 is 0 Å². The van der Waals surface area contributed by atoms with Gasteiger partial charge in [-0.3, -0.25) is 9.59 Å². The van der Waals surface area contributed by atoms with Crippen LogP contribution in [-0.4, -0.2) is 68.4 Å². The third-order valence-corrected chi connectivity index (χ3v) is 7.09. The maximum atomic E-state index is 13.8. The van der Waals surface area contributed by atoms with Crippen LogP contribution in [0.5, 0.6) is 0 Å². The van der Waals surface area contributed by atoms with Gasteiger partial charge >= 0.3 is 6.18 Å². The Morgan fingerprint density at radius 2 is 1.94 bits per heavy atom. The van der Waals surface area contributed by atoms with E-state index in [2.05, 4.69) is 4.98 Å². The van der Waals surface area contributed by atoms with Gasteiger partial charge in [-0.1, -0.05) is 12.8 Å². The van der Waals surface area contributed by atoms with Crippen LogP contribution in [0, 0.1) is 6.92 Å². The summed E-state index contributed by atoms with van der Waals surface area (Å²) in [5.41, 5.74) is -0.148. The highest BCUT2D eigenvalue weighted by atomic mass is 19.4. The fourth-order valence-corrected chi connectivity index (χ4v) is 4.89. The van der Waals surface area contributed by atoms with E-state index in [0.29, 0.717) is 37.1 Å². The Morgan fingerprint density at radius 1 is 1.24 bits per heavy atom. The van der Waals surface area contributed by atoms with Gasteiger partial charge in [0.2, 0.25) is 6.41 Å². The zero-order valence-electron chi connectivity index (χ0n) is 19.5. The average Bonchev–Trinajstić information content (AvgIpc) is 3.60. The number of hydrogen-bond donors (Lipinski definition) is 1. The maximum Gasteiger partial charge on any atom is 0.419 e. The molecule has 34 heavy (non-hydrogen) atoms. The number of aliphatic hydroxyl groups excluding tert-OH is 1. The molecule has 10 heteroatoms. The van der Waals surface area contributed by atoms with Gasteiger partial charge in [-0.25, -0.2) is 4.98 Å². The van der Waals surface area contributed by atoms with Gasteiger partial charge in [-0.15, -0.1) is 0 Å². The van der Waals surface area contributed by atoms with E-state index in [4.69, 9.17) is 0 Å². The summed E-state index contributed by atoms with van der Waals surface area (Å²) in [5.74, 6) is -0.358. The Bertz CT molecular complexity index is 1060. The van der Waals surface area contributed by atoms with Crippen molar-refractivity contribution >= 4 is 18.0 Å². The van der Waals surface area contributed by atoms with Crippen LogP contribution in [0.4, 0.5) is 13.2 Å². The number of carbonyl (C=O) groups is 2. The third-order valence-electron chi connectivity index (χ3n) is 7.09. The summed E-state index contributed by atoms with van der Waals surface area (Å²) in [6.45, 7) is 4.12. The fourth-order valence-electron chi connectivity index (χ4n) is 4.89. The van der Waals surface area contributed by atoms with Crippen LogP contribution in [0.1, 0.15) is 78.7 Å². The van der Waals surface area contributed by atoms with Crippen molar-refractivity contribution in [2.75, 3.05) is 19.6 Å². The largest absolute Gasteiger partial charge is 0.419 e. The zero-order valence-corrected chi connectivity index (χ0v) is 19.5. The van der Waals surface area contributed by atoms with Gasteiger partial charge in [0.05, 0.1) is 23.4 Å². The predicted octanol–water partition coefficient (Wildman–Crippen LogP) is 3.76. The van der Waals surface area contributed by atoms with Crippen molar-refractivity contribution in [3.05, 3.63) is 34.8 Å². The molecule has 0 aromatic carbocycles. The number of aliphatic hydroxyl groups is 1. The van der Waals surface area contributed by atoms with E-state index in [1.54, 1.807) is 20.0 Å². The molecule has 2 aliphatic rings. The number of alkyl halides is 3. The molecule has 0 aliphatic heterocycles. The second-order valence-electron chi connectivity index (χ2n) is 9.35. The predicted molar refractivity (Wildman–Crippen MR) is 120 cm³/mol. The summed E-state index contributed by atoms with van der Waals surface area (Å²) in [4.78, 5) is 32.1. The van der Waals surface area contributed by atoms with Crippen molar-refractivity contribution < 1.29 is 27.9 Å². The van der Waals surface area contributed by atoms with Crippen molar-refractivity contribution in [3.63, 3.8) is 0 Å². The molecule has 186 valence electrons. The number of imidazole rings is 1. The molecule has 2 atom stereocenters.